The van der Waals surface area contributed by atoms with Crippen LogP contribution < -0.4 is 11.3 Å². The van der Waals surface area contributed by atoms with Crippen molar-refractivity contribution in [1.82, 2.24) is 10.4 Å². The minimum Gasteiger partial charge on any atom is -0.271 e. The van der Waals surface area contributed by atoms with Gasteiger partial charge in [-0.3, -0.25) is 16.3 Å². The average molecular weight is 237 g/mol. The maximum Gasteiger partial charge on any atom is 0.0372 e. The van der Waals surface area contributed by atoms with Crippen LogP contribution in [0, 0.1) is 6.92 Å². The number of aryl methyl sites for hydroxylation is 1. The Balaban J connectivity index is 0.000000318. The first kappa shape index (κ1) is 16.1. The van der Waals surface area contributed by atoms with Crippen LogP contribution in [0.3, 0.4) is 0 Å². The van der Waals surface area contributed by atoms with Gasteiger partial charge in [0, 0.05) is 17.4 Å². The molecule has 1 rings (SSSR count). The van der Waals surface area contributed by atoms with Crippen LogP contribution in [0.15, 0.2) is 24.4 Å². The number of nitrogens with two attached hydrogens (primary N) is 1. The fraction of sp³-hybridized carbons (Fsp3) is 0.643. The van der Waals surface area contributed by atoms with Crippen molar-refractivity contribution in [2.24, 2.45) is 5.84 Å². The predicted octanol–water partition coefficient (Wildman–Crippen LogP) is 3.20. The van der Waals surface area contributed by atoms with E-state index in [-0.39, 0.29) is 5.54 Å². The third-order valence-electron chi connectivity index (χ3n) is 2.61. The summed E-state index contributed by atoms with van der Waals surface area (Å²) < 4.78 is 0. The number of hydrazine groups is 1. The Hall–Kier alpha value is -0.930. The number of pyridine rings is 1. The second-order valence-corrected chi connectivity index (χ2v) is 4.96. The van der Waals surface area contributed by atoms with Gasteiger partial charge in [0.05, 0.1) is 0 Å². The third kappa shape index (κ3) is 9.97. The normalized spacial score (nSPS) is 10.6. The highest BCUT2D eigenvalue weighted by Gasteiger charge is 2.13. The zero-order chi connectivity index (χ0) is 13.1. The Morgan fingerprint density at radius 3 is 2.35 bits per heavy atom. The van der Waals surface area contributed by atoms with Crippen molar-refractivity contribution < 1.29 is 0 Å². The van der Waals surface area contributed by atoms with Gasteiger partial charge in [0.1, 0.15) is 0 Å². The van der Waals surface area contributed by atoms with Crippen molar-refractivity contribution in [1.29, 1.82) is 0 Å². The highest BCUT2D eigenvalue weighted by Crippen LogP contribution is 2.11. The van der Waals surface area contributed by atoms with Crippen LogP contribution in [0.2, 0.25) is 0 Å². The molecule has 0 atom stereocenters. The summed E-state index contributed by atoms with van der Waals surface area (Å²) in [5, 5.41) is 0. The molecule has 3 nitrogen and oxygen atoms in total. The standard InChI is InChI=1S/C8H20N2.C6H7N/c1-4-5-6-7-8(2,3)10-9;1-6-4-2-3-5-7-6/h10H,4-7,9H2,1-3H3;2-5H,1H3. The van der Waals surface area contributed by atoms with Crippen molar-refractivity contribution >= 4 is 0 Å². The molecule has 0 bridgehead atoms. The molecule has 0 saturated heterocycles. The van der Waals surface area contributed by atoms with E-state index in [0.717, 1.165) is 12.1 Å². The third-order valence-corrected chi connectivity index (χ3v) is 2.61. The van der Waals surface area contributed by atoms with E-state index in [2.05, 4.69) is 31.2 Å². The second kappa shape index (κ2) is 9.14. The maximum absolute atomic E-state index is 5.34. The van der Waals surface area contributed by atoms with Crippen LogP contribution in [0.5, 0.6) is 0 Å². The van der Waals surface area contributed by atoms with E-state index >= 15 is 0 Å². The van der Waals surface area contributed by atoms with Gasteiger partial charge in [-0.15, -0.1) is 0 Å². The average Bonchev–Trinajstić information content (AvgIpc) is 2.31. The van der Waals surface area contributed by atoms with E-state index in [1.807, 2.05) is 25.1 Å². The molecule has 3 heteroatoms. The molecule has 0 aromatic carbocycles. The number of nitrogens with zero attached hydrogens (tertiary/aromatic N) is 1. The lowest BCUT2D eigenvalue weighted by atomic mass is 9.98. The molecule has 3 N–H and O–H groups in total. The van der Waals surface area contributed by atoms with Crippen LogP contribution in [-0.4, -0.2) is 10.5 Å². The zero-order valence-electron chi connectivity index (χ0n) is 11.7. The van der Waals surface area contributed by atoms with Crippen molar-refractivity contribution in [2.75, 3.05) is 0 Å². The van der Waals surface area contributed by atoms with E-state index in [4.69, 9.17) is 5.84 Å². The fourth-order valence-corrected chi connectivity index (χ4v) is 1.34. The number of rotatable bonds is 5. The topological polar surface area (TPSA) is 50.9 Å². The Labute approximate surface area is 106 Å². The SMILES string of the molecule is CCCCCC(C)(C)NN.Cc1ccccn1. The minimum atomic E-state index is 0.120. The van der Waals surface area contributed by atoms with Crippen molar-refractivity contribution in [3.63, 3.8) is 0 Å². The molecule has 0 unspecified atom stereocenters. The molecule has 0 amide bonds. The fourth-order valence-electron chi connectivity index (χ4n) is 1.34. The highest BCUT2D eigenvalue weighted by molar-refractivity contribution is 4.99. The van der Waals surface area contributed by atoms with Gasteiger partial charge in [0.25, 0.3) is 0 Å². The van der Waals surface area contributed by atoms with Crippen LogP contribution in [0.1, 0.15) is 52.1 Å². The van der Waals surface area contributed by atoms with Gasteiger partial charge < -0.3 is 0 Å². The smallest absolute Gasteiger partial charge is 0.0372 e. The lowest BCUT2D eigenvalue weighted by Crippen LogP contribution is -2.43. The van der Waals surface area contributed by atoms with Gasteiger partial charge in [-0.25, -0.2) is 0 Å². The first-order chi connectivity index (χ1) is 8.02. The molecule has 98 valence electrons. The number of hydrogen-bond acceptors (Lipinski definition) is 3. The number of aromatic nitrogens is 1. The molecule has 0 aliphatic carbocycles. The molecule has 17 heavy (non-hydrogen) atoms. The first-order valence-electron chi connectivity index (χ1n) is 6.37. The molecule has 0 aliphatic rings. The van der Waals surface area contributed by atoms with Gasteiger partial charge in [-0.05, 0) is 39.3 Å². The Bertz CT molecular complexity index is 270. The van der Waals surface area contributed by atoms with E-state index in [9.17, 15) is 0 Å². The van der Waals surface area contributed by atoms with E-state index in [1.54, 1.807) is 6.20 Å². The van der Waals surface area contributed by atoms with E-state index < -0.39 is 0 Å². The van der Waals surface area contributed by atoms with Gasteiger partial charge in [-0.2, -0.15) is 0 Å². The summed E-state index contributed by atoms with van der Waals surface area (Å²) in [6, 6.07) is 5.86. The molecule has 0 aliphatic heterocycles. The summed E-state index contributed by atoms with van der Waals surface area (Å²) in [4.78, 5) is 3.98. The predicted molar refractivity (Wildman–Crippen MR) is 74.5 cm³/mol. The Morgan fingerprint density at radius 2 is 2.00 bits per heavy atom. The summed E-state index contributed by atoms with van der Waals surface area (Å²) >= 11 is 0. The molecule has 0 radical (unpaired) electrons. The summed E-state index contributed by atoms with van der Waals surface area (Å²) in [6.07, 6.45) is 6.81. The Kier molecular flexibility index (Phi) is 8.64. The van der Waals surface area contributed by atoms with Crippen molar-refractivity contribution in [3.05, 3.63) is 30.1 Å². The molecule has 1 aromatic heterocycles. The Morgan fingerprint density at radius 1 is 1.29 bits per heavy atom. The van der Waals surface area contributed by atoms with Crippen LogP contribution in [-0.2, 0) is 0 Å². The number of unbranched alkanes of at least 4 members (excludes halogenated alkanes) is 2. The molecular formula is C14H27N3. The van der Waals surface area contributed by atoms with Crippen LogP contribution >= 0.6 is 0 Å². The largest absolute Gasteiger partial charge is 0.271 e. The molecule has 0 spiro atoms. The molecule has 0 saturated carbocycles. The summed E-state index contributed by atoms with van der Waals surface area (Å²) in [5.41, 5.74) is 3.99. The lowest BCUT2D eigenvalue weighted by molar-refractivity contribution is 0.356. The molecular weight excluding hydrogens is 210 g/mol. The summed E-state index contributed by atoms with van der Waals surface area (Å²) in [5.74, 6) is 5.34. The molecule has 1 heterocycles. The lowest BCUT2D eigenvalue weighted by Gasteiger charge is -2.22. The van der Waals surface area contributed by atoms with Crippen molar-refractivity contribution in [3.8, 4) is 0 Å². The number of nitrogens with one attached hydrogen (secondary N) is 1. The summed E-state index contributed by atoms with van der Waals surface area (Å²) in [7, 11) is 0. The van der Waals surface area contributed by atoms with Gasteiger partial charge in [0.2, 0.25) is 0 Å². The van der Waals surface area contributed by atoms with E-state index in [1.165, 1.54) is 19.3 Å². The van der Waals surface area contributed by atoms with Gasteiger partial charge >= 0.3 is 0 Å². The highest BCUT2D eigenvalue weighted by atomic mass is 15.3. The van der Waals surface area contributed by atoms with Crippen LogP contribution in [0.4, 0.5) is 0 Å². The minimum absolute atomic E-state index is 0.120. The quantitative estimate of drug-likeness (QED) is 0.470. The number of hydrogen-bond donors (Lipinski definition) is 2. The monoisotopic (exact) mass is 237 g/mol. The van der Waals surface area contributed by atoms with Crippen LogP contribution in [0.25, 0.3) is 0 Å². The molecule has 0 fully saturated rings. The second-order valence-electron chi connectivity index (χ2n) is 4.96. The zero-order valence-corrected chi connectivity index (χ0v) is 11.7. The summed E-state index contributed by atoms with van der Waals surface area (Å²) in [6.45, 7) is 8.44. The van der Waals surface area contributed by atoms with Gasteiger partial charge in [0.15, 0.2) is 0 Å². The van der Waals surface area contributed by atoms with E-state index in [0.29, 0.717) is 0 Å². The van der Waals surface area contributed by atoms with Crippen molar-refractivity contribution in [2.45, 2.75) is 58.9 Å². The first-order valence-corrected chi connectivity index (χ1v) is 6.37. The maximum atomic E-state index is 5.34. The molecule has 1 aromatic rings. The van der Waals surface area contributed by atoms with Gasteiger partial charge in [-0.1, -0.05) is 32.3 Å².